The first-order valence-electron chi connectivity index (χ1n) is 8.70. The van der Waals surface area contributed by atoms with Crippen molar-refractivity contribution in [3.63, 3.8) is 0 Å². The molecule has 5 nitrogen and oxygen atoms in total. The van der Waals surface area contributed by atoms with Gasteiger partial charge in [0.15, 0.2) is 0 Å². The number of hydrogen-bond donors (Lipinski definition) is 2. The molecular formula is C19H19F3N2O3. The molecule has 0 saturated heterocycles. The topological polar surface area (TPSA) is 78.8 Å². The maximum Gasteiger partial charge on any atom is 0.433 e. The van der Waals surface area contributed by atoms with E-state index in [2.05, 4.69) is 10.3 Å². The maximum atomic E-state index is 12.7. The lowest BCUT2D eigenvalue weighted by Gasteiger charge is -2.34. The molecule has 8 heteroatoms. The van der Waals surface area contributed by atoms with E-state index in [0.29, 0.717) is 6.08 Å². The Morgan fingerprint density at radius 2 is 2.11 bits per heavy atom. The third-order valence-corrected chi connectivity index (χ3v) is 5.06. The average molecular weight is 380 g/mol. The summed E-state index contributed by atoms with van der Waals surface area (Å²) < 4.78 is 38.0. The molecule has 1 aromatic carbocycles. The van der Waals surface area contributed by atoms with E-state index in [9.17, 15) is 27.9 Å². The largest absolute Gasteiger partial charge is 0.508 e. The van der Waals surface area contributed by atoms with Crippen molar-refractivity contribution < 1.29 is 27.9 Å². The van der Waals surface area contributed by atoms with Gasteiger partial charge in [-0.25, -0.2) is 4.99 Å². The van der Waals surface area contributed by atoms with Crippen molar-refractivity contribution in [1.29, 1.82) is 0 Å². The first kappa shape index (κ1) is 19.1. The van der Waals surface area contributed by atoms with E-state index >= 15 is 0 Å². The van der Waals surface area contributed by atoms with E-state index in [-0.39, 0.29) is 17.7 Å². The first-order valence-corrected chi connectivity index (χ1v) is 8.70. The van der Waals surface area contributed by atoms with Crippen molar-refractivity contribution >= 4 is 17.5 Å². The van der Waals surface area contributed by atoms with E-state index < -0.39 is 29.6 Å². The van der Waals surface area contributed by atoms with Gasteiger partial charge in [0.2, 0.25) is 5.91 Å². The summed E-state index contributed by atoms with van der Waals surface area (Å²) in [6.07, 6.45) is -0.787. The number of nitrogens with one attached hydrogen (secondary N) is 1. The van der Waals surface area contributed by atoms with E-state index in [4.69, 9.17) is 0 Å². The number of alkyl halides is 3. The highest BCUT2D eigenvalue weighted by Crippen LogP contribution is 2.38. The van der Waals surface area contributed by atoms with Gasteiger partial charge in [0.05, 0.1) is 6.04 Å². The number of benzene rings is 1. The molecule has 0 saturated carbocycles. The molecule has 1 heterocycles. The smallest absolute Gasteiger partial charge is 0.433 e. The summed E-state index contributed by atoms with van der Waals surface area (Å²) in [6.45, 7) is 1.99. The second-order valence-corrected chi connectivity index (χ2v) is 6.75. The molecule has 0 spiro atoms. The van der Waals surface area contributed by atoms with Crippen LogP contribution in [0, 0.1) is 11.8 Å². The number of dihydropyridines is 1. The molecule has 1 aliphatic carbocycles. The van der Waals surface area contributed by atoms with Crippen LogP contribution in [-0.2, 0) is 16.0 Å². The number of nitrogens with zero attached hydrogens (tertiary/aromatic N) is 1. The summed E-state index contributed by atoms with van der Waals surface area (Å²) >= 11 is 0. The van der Waals surface area contributed by atoms with Gasteiger partial charge in [-0.15, -0.1) is 0 Å². The molecule has 2 amide bonds. The molecule has 1 aliphatic heterocycles. The number of carbonyl (C=O) groups excluding carboxylic acids is 2. The Bertz CT molecular complexity index is 830. The molecule has 0 aromatic heterocycles. The number of hydrogen-bond acceptors (Lipinski definition) is 3. The molecule has 3 rings (SSSR count). The lowest BCUT2D eigenvalue weighted by molar-refractivity contribution is -0.132. The number of aromatic hydroxyl groups is 1. The van der Waals surface area contributed by atoms with Gasteiger partial charge >= 0.3 is 6.18 Å². The van der Waals surface area contributed by atoms with E-state index in [1.165, 1.54) is 6.07 Å². The van der Waals surface area contributed by atoms with Gasteiger partial charge in [0.25, 0.3) is 5.91 Å². The van der Waals surface area contributed by atoms with E-state index in [1.807, 2.05) is 6.92 Å². The molecule has 0 radical (unpaired) electrons. The van der Waals surface area contributed by atoms with Crippen LogP contribution in [0.25, 0.3) is 0 Å². The fraction of sp³-hybridized carbons (Fsp3) is 0.421. The van der Waals surface area contributed by atoms with Gasteiger partial charge in [0, 0.05) is 0 Å². The predicted octanol–water partition coefficient (Wildman–Crippen LogP) is 3.24. The van der Waals surface area contributed by atoms with Crippen molar-refractivity contribution in [1.82, 2.24) is 5.32 Å². The lowest BCUT2D eigenvalue weighted by Crippen LogP contribution is -2.42. The minimum Gasteiger partial charge on any atom is -0.508 e. The summed E-state index contributed by atoms with van der Waals surface area (Å²) in [5.74, 6) is -2.92. The number of allylic oxidation sites excluding steroid dienone is 1. The van der Waals surface area contributed by atoms with Crippen molar-refractivity contribution in [3.05, 3.63) is 41.5 Å². The standard InChI is InChI=1S/C19H19F3N2O3/c1-2-10-3-4-11-9-12(25)5-6-13(11)16(10)24-18(27)14-7-8-15(19(20,21)22)23-17(14)26/h5-10,14,16,25H,2-4H2,1H3,(H,24,27). The average Bonchev–Trinajstić information content (AvgIpc) is 2.60. The Hall–Kier alpha value is -2.64. The highest BCUT2D eigenvalue weighted by Gasteiger charge is 2.39. The van der Waals surface area contributed by atoms with Gasteiger partial charge < -0.3 is 10.4 Å². The quantitative estimate of drug-likeness (QED) is 0.791. The Balaban J connectivity index is 1.81. The maximum absolute atomic E-state index is 12.7. The predicted molar refractivity (Wildman–Crippen MR) is 92.2 cm³/mol. The van der Waals surface area contributed by atoms with Crippen LogP contribution < -0.4 is 5.32 Å². The van der Waals surface area contributed by atoms with Crippen LogP contribution in [0.4, 0.5) is 13.2 Å². The molecule has 2 N–H and O–H groups in total. The normalized spacial score (nSPS) is 25.0. The van der Waals surface area contributed by atoms with E-state index in [1.54, 1.807) is 12.1 Å². The Morgan fingerprint density at radius 1 is 1.37 bits per heavy atom. The van der Waals surface area contributed by atoms with Gasteiger partial charge in [-0.3, -0.25) is 9.59 Å². The highest BCUT2D eigenvalue weighted by atomic mass is 19.4. The number of halogens is 3. The van der Waals surface area contributed by atoms with Gasteiger partial charge in [-0.1, -0.05) is 25.5 Å². The summed E-state index contributed by atoms with van der Waals surface area (Å²) in [7, 11) is 0. The summed E-state index contributed by atoms with van der Waals surface area (Å²) in [5.41, 5.74) is 0.459. The van der Waals surface area contributed by atoms with Crippen molar-refractivity contribution in [3.8, 4) is 5.75 Å². The Kier molecular flexibility index (Phi) is 5.08. The fourth-order valence-electron chi connectivity index (χ4n) is 3.60. The molecule has 3 atom stereocenters. The molecular weight excluding hydrogens is 361 g/mol. The Labute approximate surface area is 154 Å². The number of carbonyl (C=O) groups is 2. The zero-order chi connectivity index (χ0) is 19.8. The number of amides is 2. The van der Waals surface area contributed by atoms with Crippen molar-refractivity contribution in [2.75, 3.05) is 0 Å². The molecule has 3 unspecified atom stereocenters. The number of fused-ring (bicyclic) bond motifs is 1. The molecule has 144 valence electrons. The SMILES string of the molecule is CCC1CCc2cc(O)ccc2C1NC(=O)C1C=CC(C(F)(F)F)=NC1=O. The van der Waals surface area contributed by atoms with Gasteiger partial charge in [-0.05, 0) is 48.1 Å². The second-order valence-electron chi connectivity index (χ2n) is 6.75. The number of rotatable bonds is 3. The Morgan fingerprint density at radius 3 is 2.74 bits per heavy atom. The second kappa shape index (κ2) is 7.17. The fourth-order valence-corrected chi connectivity index (χ4v) is 3.60. The minimum atomic E-state index is -4.73. The number of phenolic OH excluding ortho intramolecular Hbond substituents is 1. The zero-order valence-electron chi connectivity index (χ0n) is 14.6. The molecule has 0 bridgehead atoms. The summed E-state index contributed by atoms with van der Waals surface area (Å²) in [6, 6.07) is 4.53. The summed E-state index contributed by atoms with van der Waals surface area (Å²) in [5, 5.41) is 12.5. The van der Waals surface area contributed by atoms with Crippen molar-refractivity contribution in [2.24, 2.45) is 16.8 Å². The van der Waals surface area contributed by atoms with Crippen LogP contribution in [0.3, 0.4) is 0 Å². The molecule has 0 fully saturated rings. The molecule has 1 aromatic rings. The van der Waals surface area contributed by atoms with Crippen molar-refractivity contribution in [2.45, 2.75) is 38.4 Å². The molecule has 27 heavy (non-hydrogen) atoms. The third kappa shape index (κ3) is 3.89. The van der Waals surface area contributed by atoms with Crippen LogP contribution in [0.1, 0.15) is 36.9 Å². The molecule has 2 aliphatic rings. The number of aryl methyl sites for hydroxylation is 1. The van der Waals surface area contributed by atoms with Crippen LogP contribution in [-0.4, -0.2) is 28.8 Å². The van der Waals surface area contributed by atoms with Crippen LogP contribution in [0.15, 0.2) is 35.3 Å². The first-order chi connectivity index (χ1) is 12.7. The van der Waals surface area contributed by atoms with E-state index in [0.717, 1.165) is 36.5 Å². The minimum absolute atomic E-state index is 0.128. The number of aliphatic imine (C=N–C) groups is 1. The van der Waals surface area contributed by atoms with Gasteiger partial charge in [0.1, 0.15) is 17.4 Å². The monoisotopic (exact) mass is 380 g/mol. The van der Waals surface area contributed by atoms with Gasteiger partial charge in [-0.2, -0.15) is 13.2 Å². The summed E-state index contributed by atoms with van der Waals surface area (Å²) in [4.78, 5) is 27.5. The van der Waals surface area contributed by atoms with Crippen LogP contribution >= 0.6 is 0 Å². The highest BCUT2D eigenvalue weighted by molar-refractivity contribution is 6.14. The number of phenols is 1. The van der Waals surface area contributed by atoms with Crippen LogP contribution in [0.5, 0.6) is 5.75 Å². The lowest BCUT2D eigenvalue weighted by atomic mass is 9.78. The third-order valence-electron chi connectivity index (χ3n) is 5.06. The zero-order valence-corrected chi connectivity index (χ0v) is 14.6. The van der Waals surface area contributed by atoms with Crippen LogP contribution in [0.2, 0.25) is 0 Å².